The van der Waals surface area contributed by atoms with Crippen LogP contribution in [0.3, 0.4) is 0 Å². The second-order valence-electron chi connectivity index (χ2n) is 5.47. The summed E-state index contributed by atoms with van der Waals surface area (Å²) in [7, 11) is -3.68. The molecule has 0 aliphatic rings. The molecule has 25 heavy (non-hydrogen) atoms. The van der Waals surface area contributed by atoms with E-state index in [-0.39, 0.29) is 10.0 Å². The van der Waals surface area contributed by atoms with Crippen molar-refractivity contribution in [2.45, 2.75) is 18.1 Å². The Kier molecular flexibility index (Phi) is 4.99. The van der Waals surface area contributed by atoms with Crippen molar-refractivity contribution < 1.29 is 8.42 Å². The average molecular weight is 394 g/mol. The number of nitrogens with zero attached hydrogens (tertiary/aromatic N) is 1. The molecule has 2 N–H and O–H groups in total. The fraction of sp³-hybridized carbons (Fsp3) is 0.118. The van der Waals surface area contributed by atoms with E-state index in [1.165, 1.54) is 11.6 Å². The van der Waals surface area contributed by atoms with Crippen LogP contribution in [0.25, 0.3) is 0 Å². The maximum atomic E-state index is 12.3. The highest BCUT2D eigenvalue weighted by atomic mass is 35.5. The van der Waals surface area contributed by atoms with Gasteiger partial charge in [0.1, 0.15) is 10.0 Å². The maximum Gasteiger partial charge on any atom is 0.272 e. The zero-order chi connectivity index (χ0) is 18.0. The molecule has 0 aliphatic carbocycles. The normalized spacial score (nSPS) is 11.3. The summed E-state index contributed by atoms with van der Waals surface area (Å²) >= 11 is 6.79. The second kappa shape index (κ2) is 7.03. The molecule has 0 fully saturated rings. The number of anilines is 3. The molecule has 3 rings (SSSR count). The van der Waals surface area contributed by atoms with Crippen LogP contribution in [0.5, 0.6) is 0 Å². The molecule has 0 saturated carbocycles. The van der Waals surface area contributed by atoms with E-state index in [1.807, 2.05) is 32.0 Å². The molecule has 0 spiro atoms. The van der Waals surface area contributed by atoms with Crippen LogP contribution in [0.1, 0.15) is 11.1 Å². The fourth-order valence-corrected chi connectivity index (χ4v) is 4.69. The molecule has 2 aromatic heterocycles. The van der Waals surface area contributed by atoms with Crippen LogP contribution in [0, 0.1) is 13.8 Å². The minimum Gasteiger partial charge on any atom is -0.354 e. The van der Waals surface area contributed by atoms with Crippen LogP contribution >= 0.6 is 22.9 Å². The molecule has 3 aromatic rings. The lowest BCUT2D eigenvalue weighted by Crippen LogP contribution is -2.12. The highest BCUT2D eigenvalue weighted by Gasteiger charge is 2.17. The summed E-state index contributed by atoms with van der Waals surface area (Å²) in [4.78, 5) is 4.16. The first-order valence-electron chi connectivity index (χ1n) is 7.42. The maximum absolute atomic E-state index is 12.3. The highest BCUT2D eigenvalue weighted by molar-refractivity contribution is 7.94. The van der Waals surface area contributed by atoms with Gasteiger partial charge in [-0.1, -0.05) is 23.7 Å². The highest BCUT2D eigenvalue weighted by Crippen LogP contribution is 2.27. The molecule has 0 amide bonds. The Morgan fingerprint density at radius 2 is 1.88 bits per heavy atom. The molecule has 1 aromatic carbocycles. The molecule has 0 bridgehead atoms. The first-order chi connectivity index (χ1) is 11.8. The Balaban J connectivity index is 1.75. The van der Waals surface area contributed by atoms with E-state index in [9.17, 15) is 8.42 Å². The number of aromatic nitrogens is 1. The van der Waals surface area contributed by atoms with Crippen LogP contribution in [-0.4, -0.2) is 13.4 Å². The van der Waals surface area contributed by atoms with Crippen molar-refractivity contribution in [2.75, 3.05) is 10.0 Å². The van der Waals surface area contributed by atoms with Crippen LogP contribution in [-0.2, 0) is 10.0 Å². The molecule has 130 valence electrons. The van der Waals surface area contributed by atoms with Crippen LogP contribution in [0.15, 0.2) is 52.9 Å². The number of aryl methyl sites for hydroxylation is 1. The van der Waals surface area contributed by atoms with Gasteiger partial charge in [0, 0.05) is 5.69 Å². The zero-order valence-corrected chi connectivity index (χ0v) is 16.0. The van der Waals surface area contributed by atoms with Gasteiger partial charge < -0.3 is 5.32 Å². The molecular formula is C17H16ClN3O2S2. The number of halogens is 1. The minimum atomic E-state index is -3.68. The van der Waals surface area contributed by atoms with Crippen molar-refractivity contribution in [3.05, 3.63) is 64.1 Å². The Morgan fingerprint density at radius 3 is 2.52 bits per heavy atom. The summed E-state index contributed by atoms with van der Waals surface area (Å²) in [5, 5.41) is 3.28. The van der Waals surface area contributed by atoms with Crippen LogP contribution < -0.4 is 10.0 Å². The number of hydrogen-bond donors (Lipinski definition) is 2. The van der Waals surface area contributed by atoms with E-state index in [2.05, 4.69) is 15.0 Å². The molecule has 0 saturated heterocycles. The summed E-state index contributed by atoms with van der Waals surface area (Å²) < 4.78 is 27.5. The number of nitrogens with one attached hydrogen (secondary N) is 2. The summed E-state index contributed by atoms with van der Waals surface area (Å²) in [5.74, 6) is 0.246. The second-order valence-corrected chi connectivity index (χ2v) is 9.09. The van der Waals surface area contributed by atoms with Crippen molar-refractivity contribution >= 4 is 50.2 Å². The molecule has 5 nitrogen and oxygen atoms in total. The molecule has 0 radical (unpaired) electrons. The molecular weight excluding hydrogens is 378 g/mol. The summed E-state index contributed by atoms with van der Waals surface area (Å²) in [5.41, 5.74) is 4.11. The molecule has 0 atom stereocenters. The van der Waals surface area contributed by atoms with Crippen LogP contribution in [0.2, 0.25) is 4.34 Å². The van der Waals surface area contributed by atoms with Crippen molar-refractivity contribution in [3.8, 4) is 0 Å². The van der Waals surface area contributed by atoms with Gasteiger partial charge in [0.05, 0.1) is 16.2 Å². The lowest BCUT2D eigenvalue weighted by molar-refractivity contribution is 0.603. The topological polar surface area (TPSA) is 71.1 Å². The monoisotopic (exact) mass is 393 g/mol. The van der Waals surface area contributed by atoms with Gasteiger partial charge in [0.15, 0.2) is 0 Å². The lowest BCUT2D eigenvalue weighted by Gasteiger charge is -2.12. The van der Waals surface area contributed by atoms with Crippen molar-refractivity contribution in [1.29, 1.82) is 0 Å². The molecule has 0 aliphatic heterocycles. The van der Waals surface area contributed by atoms with Gasteiger partial charge in [-0.25, -0.2) is 13.4 Å². The van der Waals surface area contributed by atoms with Gasteiger partial charge >= 0.3 is 0 Å². The van der Waals surface area contributed by atoms with Gasteiger partial charge in [0.25, 0.3) is 10.0 Å². The number of hydrogen-bond acceptors (Lipinski definition) is 5. The Labute approximate surface area is 155 Å². The first kappa shape index (κ1) is 17.7. The Hall–Kier alpha value is -2.09. The van der Waals surface area contributed by atoms with E-state index in [0.717, 1.165) is 28.3 Å². The predicted molar refractivity (Wildman–Crippen MR) is 104 cm³/mol. The number of benzene rings is 1. The van der Waals surface area contributed by atoms with Gasteiger partial charge in [-0.15, -0.1) is 11.3 Å². The van der Waals surface area contributed by atoms with Gasteiger partial charge in [-0.2, -0.15) is 0 Å². The van der Waals surface area contributed by atoms with E-state index in [1.54, 1.807) is 24.4 Å². The van der Waals surface area contributed by atoms with Crippen molar-refractivity contribution in [1.82, 2.24) is 4.98 Å². The number of thiophene rings is 1. The lowest BCUT2D eigenvalue weighted by atomic mass is 10.1. The number of pyridine rings is 1. The van der Waals surface area contributed by atoms with E-state index >= 15 is 0 Å². The predicted octanol–water partition coefficient (Wildman–Crippen LogP) is 4.96. The van der Waals surface area contributed by atoms with Crippen molar-refractivity contribution in [3.63, 3.8) is 0 Å². The first-order valence-corrected chi connectivity index (χ1v) is 10.1. The van der Waals surface area contributed by atoms with E-state index in [4.69, 9.17) is 11.6 Å². The Morgan fingerprint density at radius 1 is 1.08 bits per heavy atom. The van der Waals surface area contributed by atoms with Gasteiger partial charge in [-0.05, 0) is 55.3 Å². The summed E-state index contributed by atoms with van der Waals surface area (Å²) in [6, 6.07) is 12.4. The SMILES string of the molecule is Cc1cccc(Nc2ccc(NS(=O)(=O)c3ccc(Cl)s3)nc2)c1C. The summed E-state index contributed by atoms with van der Waals surface area (Å²) in [6.07, 6.45) is 1.58. The van der Waals surface area contributed by atoms with Gasteiger partial charge in [-0.3, -0.25) is 4.72 Å². The molecule has 0 unspecified atom stereocenters. The molecule has 8 heteroatoms. The average Bonchev–Trinajstić information content (AvgIpc) is 3.01. The number of rotatable bonds is 5. The largest absolute Gasteiger partial charge is 0.354 e. The Bertz CT molecular complexity index is 999. The third-order valence-electron chi connectivity index (χ3n) is 3.70. The van der Waals surface area contributed by atoms with E-state index in [0.29, 0.717) is 4.34 Å². The van der Waals surface area contributed by atoms with Crippen molar-refractivity contribution in [2.24, 2.45) is 0 Å². The third-order valence-corrected chi connectivity index (χ3v) is 6.78. The van der Waals surface area contributed by atoms with E-state index < -0.39 is 10.0 Å². The summed E-state index contributed by atoms with van der Waals surface area (Å²) in [6.45, 7) is 4.09. The quantitative estimate of drug-likeness (QED) is 0.642. The standard InChI is InChI=1S/C17H16ClN3O2S2/c1-11-4-3-5-14(12(11)2)20-13-6-8-16(19-10-13)21-25(22,23)17-9-7-15(18)24-17/h3-10,20H,1-2H3,(H,19,21). The minimum absolute atomic E-state index is 0.150. The van der Waals surface area contributed by atoms with Gasteiger partial charge in [0.2, 0.25) is 0 Å². The fourth-order valence-electron chi connectivity index (χ4n) is 2.20. The zero-order valence-electron chi connectivity index (χ0n) is 13.6. The number of sulfonamides is 1. The molecule has 2 heterocycles. The third kappa shape index (κ3) is 4.12. The smallest absolute Gasteiger partial charge is 0.272 e. The van der Waals surface area contributed by atoms with Crippen LogP contribution in [0.4, 0.5) is 17.2 Å².